The van der Waals surface area contributed by atoms with Crippen LogP contribution in [0.5, 0.6) is 5.75 Å². The monoisotopic (exact) mass is 387 g/mol. The summed E-state index contributed by atoms with van der Waals surface area (Å²) in [7, 11) is -2.02. The highest BCUT2D eigenvalue weighted by molar-refractivity contribution is 7.89. The Labute approximate surface area is 161 Å². The Bertz CT molecular complexity index is 935. The maximum atomic E-state index is 13.0. The number of carbonyl (C=O) groups is 1. The van der Waals surface area contributed by atoms with Crippen LogP contribution in [0.15, 0.2) is 47.4 Å². The van der Waals surface area contributed by atoms with Crippen molar-refractivity contribution in [3.63, 3.8) is 0 Å². The summed E-state index contributed by atoms with van der Waals surface area (Å²) >= 11 is 0. The molecule has 6 heteroatoms. The van der Waals surface area contributed by atoms with E-state index in [-0.39, 0.29) is 18.2 Å². The predicted molar refractivity (Wildman–Crippen MR) is 105 cm³/mol. The summed E-state index contributed by atoms with van der Waals surface area (Å²) in [6.07, 6.45) is 1.38. The van der Waals surface area contributed by atoms with Gasteiger partial charge in [0.15, 0.2) is 5.78 Å². The second-order valence-corrected chi connectivity index (χ2v) is 8.98. The number of rotatable bonds is 5. The van der Waals surface area contributed by atoms with E-state index in [4.69, 9.17) is 4.74 Å². The molecule has 0 bridgehead atoms. The molecule has 0 radical (unpaired) electrons. The lowest BCUT2D eigenvalue weighted by molar-refractivity contribution is 0.0872. The minimum absolute atomic E-state index is 0.0161. The number of methoxy groups -OCH3 is 1. The number of aryl methyl sites for hydroxylation is 2. The number of nitrogens with zero attached hydrogens (tertiary/aromatic N) is 1. The van der Waals surface area contributed by atoms with Crippen LogP contribution in [-0.2, 0) is 10.0 Å². The molecule has 5 nitrogen and oxygen atoms in total. The molecule has 144 valence electrons. The minimum atomic E-state index is -3.60. The largest absolute Gasteiger partial charge is 0.497 e. The molecule has 2 aromatic rings. The van der Waals surface area contributed by atoms with Gasteiger partial charge in [-0.05, 0) is 74.2 Å². The second kappa shape index (κ2) is 7.82. The summed E-state index contributed by atoms with van der Waals surface area (Å²) in [6, 6.07) is 12.1. The van der Waals surface area contributed by atoms with Crippen LogP contribution in [0, 0.1) is 19.8 Å². The molecular formula is C21H25NO4S. The molecule has 3 rings (SSSR count). The van der Waals surface area contributed by atoms with E-state index in [1.807, 2.05) is 19.9 Å². The van der Waals surface area contributed by atoms with Gasteiger partial charge in [-0.15, -0.1) is 0 Å². The average Bonchev–Trinajstić information content (AvgIpc) is 2.69. The number of benzene rings is 2. The Morgan fingerprint density at radius 1 is 1.07 bits per heavy atom. The van der Waals surface area contributed by atoms with Gasteiger partial charge in [-0.3, -0.25) is 4.79 Å². The molecule has 1 atom stereocenters. The summed E-state index contributed by atoms with van der Waals surface area (Å²) in [5.41, 5.74) is 2.59. The van der Waals surface area contributed by atoms with E-state index < -0.39 is 10.0 Å². The Morgan fingerprint density at radius 2 is 1.78 bits per heavy atom. The van der Waals surface area contributed by atoms with E-state index >= 15 is 0 Å². The zero-order valence-corrected chi connectivity index (χ0v) is 16.8. The first-order valence-corrected chi connectivity index (χ1v) is 10.5. The third-order valence-corrected chi connectivity index (χ3v) is 7.11. The van der Waals surface area contributed by atoms with Crippen molar-refractivity contribution in [3.8, 4) is 5.75 Å². The van der Waals surface area contributed by atoms with Crippen molar-refractivity contribution < 1.29 is 17.9 Å². The van der Waals surface area contributed by atoms with Crippen LogP contribution in [0.4, 0.5) is 0 Å². The Kier molecular flexibility index (Phi) is 5.67. The minimum Gasteiger partial charge on any atom is -0.497 e. The van der Waals surface area contributed by atoms with Crippen molar-refractivity contribution in [2.45, 2.75) is 31.6 Å². The predicted octanol–water partition coefficient (Wildman–Crippen LogP) is 3.60. The van der Waals surface area contributed by atoms with E-state index in [0.717, 1.165) is 11.1 Å². The molecule has 27 heavy (non-hydrogen) atoms. The molecule has 0 saturated carbocycles. The van der Waals surface area contributed by atoms with Gasteiger partial charge in [-0.1, -0.05) is 6.07 Å². The van der Waals surface area contributed by atoms with Crippen LogP contribution in [0.2, 0.25) is 0 Å². The van der Waals surface area contributed by atoms with Crippen molar-refractivity contribution in [1.29, 1.82) is 0 Å². The molecule has 1 saturated heterocycles. The highest BCUT2D eigenvalue weighted by Crippen LogP contribution is 2.27. The van der Waals surface area contributed by atoms with E-state index in [0.29, 0.717) is 35.6 Å². The Morgan fingerprint density at radius 3 is 2.41 bits per heavy atom. The van der Waals surface area contributed by atoms with Crippen LogP contribution in [0.1, 0.15) is 34.3 Å². The molecular weight excluding hydrogens is 362 g/mol. The third-order valence-electron chi connectivity index (χ3n) is 5.25. The highest BCUT2D eigenvalue weighted by atomic mass is 32.2. The van der Waals surface area contributed by atoms with Crippen molar-refractivity contribution in [3.05, 3.63) is 59.2 Å². The zero-order chi connectivity index (χ0) is 19.6. The van der Waals surface area contributed by atoms with E-state index in [1.165, 1.54) is 4.31 Å². The van der Waals surface area contributed by atoms with E-state index in [1.54, 1.807) is 43.5 Å². The van der Waals surface area contributed by atoms with Gasteiger partial charge in [0.05, 0.1) is 12.0 Å². The first-order valence-electron chi connectivity index (χ1n) is 9.08. The number of sulfonamides is 1. The number of piperidine rings is 1. The SMILES string of the molecule is COc1ccc(C(=O)C2CCCN(S(=O)(=O)c3ccc(C)c(C)c3)C2)cc1. The number of Topliss-reactive ketones (excluding diaryl/α,β-unsaturated/α-hetero) is 1. The van der Waals surface area contributed by atoms with Crippen LogP contribution in [0.3, 0.4) is 0 Å². The number of hydrogen-bond acceptors (Lipinski definition) is 4. The molecule has 1 aliphatic heterocycles. The van der Waals surface area contributed by atoms with Gasteiger partial charge in [0.25, 0.3) is 0 Å². The molecule has 0 aromatic heterocycles. The molecule has 0 aliphatic carbocycles. The fourth-order valence-electron chi connectivity index (χ4n) is 3.39. The Hall–Kier alpha value is -2.18. The first kappa shape index (κ1) is 19.6. The lowest BCUT2D eigenvalue weighted by Crippen LogP contribution is -2.42. The van der Waals surface area contributed by atoms with E-state index in [2.05, 4.69) is 0 Å². The van der Waals surface area contributed by atoms with Gasteiger partial charge in [0.2, 0.25) is 10.0 Å². The second-order valence-electron chi connectivity index (χ2n) is 7.04. The fourth-order valence-corrected chi connectivity index (χ4v) is 5.00. The molecule has 0 N–H and O–H groups in total. The summed E-state index contributed by atoms with van der Waals surface area (Å²) < 4.78 is 32.6. The van der Waals surface area contributed by atoms with Crippen molar-refractivity contribution >= 4 is 15.8 Å². The smallest absolute Gasteiger partial charge is 0.243 e. The Balaban J connectivity index is 1.80. The van der Waals surface area contributed by atoms with Gasteiger partial charge in [-0.2, -0.15) is 4.31 Å². The van der Waals surface area contributed by atoms with Crippen molar-refractivity contribution in [1.82, 2.24) is 4.31 Å². The van der Waals surface area contributed by atoms with Crippen LogP contribution in [0.25, 0.3) is 0 Å². The molecule has 1 heterocycles. The quantitative estimate of drug-likeness (QED) is 0.736. The van der Waals surface area contributed by atoms with Gasteiger partial charge in [-0.25, -0.2) is 8.42 Å². The lowest BCUT2D eigenvalue weighted by Gasteiger charge is -2.31. The summed E-state index contributed by atoms with van der Waals surface area (Å²) in [5.74, 6) is 0.347. The molecule has 2 aromatic carbocycles. The van der Waals surface area contributed by atoms with E-state index in [9.17, 15) is 13.2 Å². The summed E-state index contributed by atoms with van der Waals surface area (Å²) in [4.78, 5) is 13.1. The third kappa shape index (κ3) is 4.06. The zero-order valence-electron chi connectivity index (χ0n) is 15.9. The fraction of sp³-hybridized carbons (Fsp3) is 0.381. The van der Waals surface area contributed by atoms with Crippen LogP contribution in [-0.4, -0.2) is 38.7 Å². The lowest BCUT2D eigenvalue weighted by atomic mass is 9.91. The highest BCUT2D eigenvalue weighted by Gasteiger charge is 2.33. The van der Waals surface area contributed by atoms with Crippen molar-refractivity contribution in [2.24, 2.45) is 5.92 Å². The maximum absolute atomic E-state index is 13.0. The number of hydrogen-bond donors (Lipinski definition) is 0. The van der Waals surface area contributed by atoms with Gasteiger partial charge < -0.3 is 4.74 Å². The normalized spacial score (nSPS) is 18.3. The molecule has 0 amide bonds. The topological polar surface area (TPSA) is 63.7 Å². The molecule has 1 aliphatic rings. The van der Waals surface area contributed by atoms with Crippen molar-refractivity contribution in [2.75, 3.05) is 20.2 Å². The van der Waals surface area contributed by atoms with Gasteiger partial charge >= 0.3 is 0 Å². The molecule has 1 fully saturated rings. The van der Waals surface area contributed by atoms with Crippen LogP contribution < -0.4 is 4.74 Å². The molecule has 0 spiro atoms. The standard InChI is InChI=1S/C21H25NO4S/c1-15-6-11-20(13-16(15)2)27(24,25)22-12-4-5-18(14-22)21(23)17-7-9-19(26-3)10-8-17/h6-11,13,18H,4-5,12,14H2,1-3H3. The summed E-state index contributed by atoms with van der Waals surface area (Å²) in [5, 5.41) is 0. The number of ether oxygens (including phenoxy) is 1. The summed E-state index contributed by atoms with van der Waals surface area (Å²) in [6.45, 7) is 4.53. The van der Waals surface area contributed by atoms with Gasteiger partial charge in [0.1, 0.15) is 5.75 Å². The van der Waals surface area contributed by atoms with Crippen LogP contribution >= 0.6 is 0 Å². The maximum Gasteiger partial charge on any atom is 0.243 e. The average molecular weight is 388 g/mol. The number of ketones is 1. The first-order chi connectivity index (χ1) is 12.8. The number of carbonyl (C=O) groups excluding carboxylic acids is 1. The van der Waals surface area contributed by atoms with Gasteiger partial charge in [0, 0.05) is 24.6 Å². The molecule has 1 unspecified atom stereocenters.